The van der Waals surface area contributed by atoms with E-state index in [1.807, 2.05) is 32.9 Å². The first-order chi connectivity index (χ1) is 11.7. The summed E-state index contributed by atoms with van der Waals surface area (Å²) >= 11 is 0. The van der Waals surface area contributed by atoms with E-state index in [-0.39, 0.29) is 17.9 Å². The van der Waals surface area contributed by atoms with Crippen LogP contribution in [0.4, 0.5) is 4.79 Å². The molecule has 1 N–H and O–H groups in total. The lowest BCUT2D eigenvalue weighted by Crippen LogP contribution is -2.39. The van der Waals surface area contributed by atoms with Crippen LogP contribution in [-0.2, 0) is 14.3 Å². The molecule has 0 aromatic carbocycles. The lowest BCUT2D eigenvalue weighted by molar-refractivity contribution is -0.145. The Morgan fingerprint density at radius 2 is 1.80 bits per heavy atom. The van der Waals surface area contributed by atoms with E-state index >= 15 is 0 Å². The largest absolute Gasteiger partial charge is 0.466 e. The van der Waals surface area contributed by atoms with Gasteiger partial charge in [-0.2, -0.15) is 0 Å². The number of alkyl carbamates (subject to hydrolysis) is 1. The molecule has 5 nitrogen and oxygen atoms in total. The molecule has 5 heteroatoms. The van der Waals surface area contributed by atoms with Gasteiger partial charge in [0.25, 0.3) is 0 Å². The second-order valence-corrected chi connectivity index (χ2v) is 7.92. The molecule has 0 radical (unpaired) electrons. The summed E-state index contributed by atoms with van der Waals surface area (Å²) in [6.07, 6.45) is 10.4. The SMILES string of the molecule is CCOC(=O)[C@@H](C)C=C[C@H](CC1CCCCC1)NC(=O)OC(C)(C)C. The average Bonchev–Trinajstić information content (AvgIpc) is 2.51. The summed E-state index contributed by atoms with van der Waals surface area (Å²) in [5.74, 6) is 0.0397. The van der Waals surface area contributed by atoms with Crippen molar-refractivity contribution < 1.29 is 19.1 Å². The predicted octanol–water partition coefficient (Wildman–Crippen LogP) is 4.61. The number of rotatable bonds is 7. The van der Waals surface area contributed by atoms with Crippen LogP contribution in [0.1, 0.15) is 73.1 Å². The zero-order chi connectivity index (χ0) is 18.9. The van der Waals surface area contributed by atoms with Crippen LogP contribution in [-0.4, -0.2) is 30.3 Å². The molecular formula is C20H35NO4. The third-order valence-electron chi connectivity index (χ3n) is 4.30. The van der Waals surface area contributed by atoms with Crippen LogP contribution in [0.15, 0.2) is 12.2 Å². The number of esters is 1. The zero-order valence-corrected chi connectivity index (χ0v) is 16.5. The minimum atomic E-state index is -0.526. The Labute approximate surface area is 152 Å². The Morgan fingerprint density at radius 3 is 2.36 bits per heavy atom. The Hall–Kier alpha value is -1.52. The molecule has 0 aliphatic heterocycles. The molecule has 144 valence electrons. The van der Waals surface area contributed by atoms with Gasteiger partial charge >= 0.3 is 12.1 Å². The highest BCUT2D eigenvalue weighted by molar-refractivity contribution is 5.74. The third kappa shape index (κ3) is 9.51. The van der Waals surface area contributed by atoms with E-state index < -0.39 is 11.7 Å². The molecule has 1 aliphatic carbocycles. The molecule has 0 aromatic heterocycles. The Bertz CT molecular complexity index is 447. The van der Waals surface area contributed by atoms with Gasteiger partial charge in [0.05, 0.1) is 18.6 Å². The first kappa shape index (κ1) is 21.5. The number of hydrogen-bond donors (Lipinski definition) is 1. The van der Waals surface area contributed by atoms with Crippen molar-refractivity contribution in [3.8, 4) is 0 Å². The van der Waals surface area contributed by atoms with Gasteiger partial charge in [-0.1, -0.05) is 44.3 Å². The van der Waals surface area contributed by atoms with Gasteiger partial charge in [0.1, 0.15) is 5.60 Å². The molecule has 0 heterocycles. The lowest BCUT2D eigenvalue weighted by Gasteiger charge is -2.27. The van der Waals surface area contributed by atoms with Crippen molar-refractivity contribution in [1.29, 1.82) is 0 Å². The normalized spacial score (nSPS) is 18.6. The molecule has 0 bridgehead atoms. The lowest BCUT2D eigenvalue weighted by atomic mass is 9.84. The highest BCUT2D eigenvalue weighted by Gasteiger charge is 2.22. The van der Waals surface area contributed by atoms with E-state index in [4.69, 9.17) is 9.47 Å². The summed E-state index contributed by atoms with van der Waals surface area (Å²) in [4.78, 5) is 23.9. The summed E-state index contributed by atoms with van der Waals surface area (Å²) in [5, 5.41) is 2.95. The van der Waals surface area contributed by atoms with Crippen LogP contribution in [0.5, 0.6) is 0 Å². The van der Waals surface area contributed by atoms with Gasteiger partial charge in [-0.05, 0) is 47.0 Å². The van der Waals surface area contributed by atoms with Gasteiger partial charge in [0, 0.05) is 0 Å². The quantitative estimate of drug-likeness (QED) is 0.536. The van der Waals surface area contributed by atoms with Crippen LogP contribution in [0, 0.1) is 11.8 Å². The number of amides is 1. The molecule has 1 rings (SSSR count). The van der Waals surface area contributed by atoms with E-state index in [1.54, 1.807) is 13.8 Å². The number of carbonyl (C=O) groups excluding carboxylic acids is 2. The summed E-state index contributed by atoms with van der Waals surface area (Å²) < 4.78 is 10.4. The van der Waals surface area contributed by atoms with Crippen LogP contribution < -0.4 is 5.32 Å². The Kier molecular flexibility index (Phi) is 9.01. The first-order valence-electron chi connectivity index (χ1n) is 9.55. The van der Waals surface area contributed by atoms with E-state index in [0.29, 0.717) is 12.5 Å². The molecule has 1 fully saturated rings. The zero-order valence-electron chi connectivity index (χ0n) is 16.5. The van der Waals surface area contributed by atoms with E-state index in [0.717, 1.165) is 6.42 Å². The van der Waals surface area contributed by atoms with Gasteiger partial charge in [-0.3, -0.25) is 4.79 Å². The summed E-state index contributed by atoms with van der Waals surface area (Å²) in [5.41, 5.74) is -0.526. The summed E-state index contributed by atoms with van der Waals surface area (Å²) in [7, 11) is 0. The van der Waals surface area contributed by atoms with Crippen LogP contribution in [0.2, 0.25) is 0 Å². The maximum atomic E-state index is 12.1. The van der Waals surface area contributed by atoms with E-state index in [2.05, 4.69) is 5.32 Å². The molecule has 25 heavy (non-hydrogen) atoms. The molecule has 1 saturated carbocycles. The highest BCUT2D eigenvalue weighted by atomic mass is 16.6. The standard InChI is InChI=1S/C20H35NO4/c1-6-24-18(22)15(2)12-13-17(14-16-10-8-7-9-11-16)21-19(23)25-20(3,4)5/h12-13,15-17H,6-11,14H2,1-5H3,(H,21,23)/t15-,17+/m0/s1. The van der Waals surface area contributed by atoms with Crippen LogP contribution >= 0.6 is 0 Å². The van der Waals surface area contributed by atoms with Crippen molar-refractivity contribution in [3.63, 3.8) is 0 Å². The maximum absolute atomic E-state index is 12.1. The van der Waals surface area contributed by atoms with Crippen molar-refractivity contribution in [2.45, 2.75) is 84.8 Å². The highest BCUT2D eigenvalue weighted by Crippen LogP contribution is 2.27. The fourth-order valence-corrected chi connectivity index (χ4v) is 3.08. The topological polar surface area (TPSA) is 64.6 Å². The number of hydrogen-bond acceptors (Lipinski definition) is 4. The molecule has 0 unspecified atom stereocenters. The first-order valence-corrected chi connectivity index (χ1v) is 9.55. The Morgan fingerprint density at radius 1 is 1.16 bits per heavy atom. The van der Waals surface area contributed by atoms with Gasteiger partial charge in [0.15, 0.2) is 0 Å². The smallest absolute Gasteiger partial charge is 0.408 e. The number of nitrogens with one attached hydrogen (secondary N) is 1. The third-order valence-corrected chi connectivity index (χ3v) is 4.30. The summed E-state index contributed by atoms with van der Waals surface area (Å²) in [6, 6.07) is -0.130. The van der Waals surface area contributed by atoms with Crippen LogP contribution in [0.3, 0.4) is 0 Å². The number of ether oxygens (including phenoxy) is 2. The van der Waals surface area contributed by atoms with Gasteiger partial charge in [-0.15, -0.1) is 0 Å². The van der Waals surface area contributed by atoms with E-state index in [1.165, 1.54) is 32.1 Å². The predicted molar refractivity (Wildman–Crippen MR) is 99.3 cm³/mol. The minimum Gasteiger partial charge on any atom is -0.466 e. The van der Waals surface area contributed by atoms with Crippen LogP contribution in [0.25, 0.3) is 0 Å². The second kappa shape index (κ2) is 10.5. The fraction of sp³-hybridized carbons (Fsp3) is 0.800. The maximum Gasteiger partial charge on any atom is 0.408 e. The molecule has 0 aromatic rings. The molecule has 0 saturated heterocycles. The average molecular weight is 354 g/mol. The second-order valence-electron chi connectivity index (χ2n) is 7.92. The van der Waals surface area contributed by atoms with Crippen molar-refractivity contribution in [2.75, 3.05) is 6.61 Å². The van der Waals surface area contributed by atoms with Crippen molar-refractivity contribution >= 4 is 12.1 Å². The minimum absolute atomic E-state index is 0.130. The van der Waals surface area contributed by atoms with Gasteiger partial charge < -0.3 is 14.8 Å². The Balaban J connectivity index is 2.68. The molecule has 1 aliphatic rings. The van der Waals surface area contributed by atoms with Crippen molar-refractivity contribution in [3.05, 3.63) is 12.2 Å². The summed E-state index contributed by atoms with van der Waals surface area (Å²) in [6.45, 7) is 9.52. The van der Waals surface area contributed by atoms with Crippen molar-refractivity contribution in [2.24, 2.45) is 11.8 Å². The van der Waals surface area contributed by atoms with E-state index in [9.17, 15) is 9.59 Å². The molecular weight excluding hydrogens is 318 g/mol. The fourth-order valence-electron chi connectivity index (χ4n) is 3.08. The monoisotopic (exact) mass is 353 g/mol. The molecule has 1 amide bonds. The van der Waals surface area contributed by atoms with Gasteiger partial charge in [0.2, 0.25) is 0 Å². The molecule has 0 spiro atoms. The van der Waals surface area contributed by atoms with Crippen molar-refractivity contribution in [1.82, 2.24) is 5.32 Å². The molecule has 2 atom stereocenters. The van der Waals surface area contributed by atoms with Gasteiger partial charge in [-0.25, -0.2) is 4.79 Å². The number of carbonyl (C=O) groups is 2.